The minimum Gasteiger partial charge on any atom is -0.321 e. The average Bonchev–Trinajstić information content (AvgIpc) is 2.46. The van der Waals surface area contributed by atoms with Crippen molar-refractivity contribution in [1.82, 2.24) is 4.98 Å². The standard InChI is InChI=1S/C16H10FNO2/c17-12-7-4-11(5-8-12)16(20)13-3-1-2-10-6-9-14(19)18-15(10)13/h1-9H,(H,18,19). The highest BCUT2D eigenvalue weighted by atomic mass is 19.1. The van der Waals surface area contributed by atoms with Gasteiger partial charge in [-0.15, -0.1) is 0 Å². The second-order valence-electron chi connectivity index (χ2n) is 4.43. The number of fused-ring (bicyclic) bond motifs is 1. The smallest absolute Gasteiger partial charge is 0.248 e. The summed E-state index contributed by atoms with van der Waals surface area (Å²) in [6, 6.07) is 13.6. The molecule has 20 heavy (non-hydrogen) atoms. The first-order chi connectivity index (χ1) is 9.65. The number of para-hydroxylation sites is 1. The maximum Gasteiger partial charge on any atom is 0.248 e. The van der Waals surface area contributed by atoms with Crippen LogP contribution in [0.25, 0.3) is 10.9 Å². The van der Waals surface area contributed by atoms with Crippen LogP contribution >= 0.6 is 0 Å². The van der Waals surface area contributed by atoms with Crippen molar-refractivity contribution in [3.05, 3.63) is 81.9 Å². The van der Waals surface area contributed by atoms with E-state index in [2.05, 4.69) is 4.98 Å². The van der Waals surface area contributed by atoms with Crippen LogP contribution in [-0.4, -0.2) is 10.8 Å². The van der Waals surface area contributed by atoms with Gasteiger partial charge < -0.3 is 4.98 Å². The number of ketones is 1. The van der Waals surface area contributed by atoms with Gasteiger partial charge >= 0.3 is 0 Å². The predicted molar refractivity (Wildman–Crippen MR) is 74.4 cm³/mol. The zero-order chi connectivity index (χ0) is 14.1. The van der Waals surface area contributed by atoms with Gasteiger partial charge in [0.1, 0.15) is 5.82 Å². The van der Waals surface area contributed by atoms with Gasteiger partial charge in [-0.3, -0.25) is 9.59 Å². The number of carbonyl (C=O) groups is 1. The fourth-order valence-electron chi connectivity index (χ4n) is 2.12. The summed E-state index contributed by atoms with van der Waals surface area (Å²) in [6.45, 7) is 0. The van der Waals surface area contributed by atoms with Gasteiger partial charge in [-0.25, -0.2) is 4.39 Å². The van der Waals surface area contributed by atoms with Crippen LogP contribution in [0.5, 0.6) is 0 Å². The lowest BCUT2D eigenvalue weighted by Gasteiger charge is -2.05. The molecule has 3 aromatic rings. The summed E-state index contributed by atoms with van der Waals surface area (Å²) in [5.41, 5.74) is 1.00. The topological polar surface area (TPSA) is 49.9 Å². The maximum absolute atomic E-state index is 12.9. The average molecular weight is 267 g/mol. The van der Waals surface area contributed by atoms with Crippen molar-refractivity contribution < 1.29 is 9.18 Å². The number of carbonyl (C=O) groups excluding carboxylic acids is 1. The molecule has 0 bridgehead atoms. The third kappa shape index (κ3) is 2.12. The second kappa shape index (κ2) is 4.74. The molecule has 0 aliphatic carbocycles. The number of H-pyrrole nitrogens is 1. The molecule has 3 nitrogen and oxygen atoms in total. The van der Waals surface area contributed by atoms with Crippen LogP contribution in [0, 0.1) is 5.82 Å². The number of aromatic amines is 1. The van der Waals surface area contributed by atoms with Crippen LogP contribution in [0.4, 0.5) is 4.39 Å². The number of benzene rings is 2. The highest BCUT2D eigenvalue weighted by Crippen LogP contribution is 2.18. The molecule has 1 N–H and O–H groups in total. The number of pyridine rings is 1. The minimum absolute atomic E-state index is 0.252. The minimum atomic E-state index is -0.395. The molecule has 98 valence electrons. The molecular weight excluding hydrogens is 257 g/mol. The molecule has 0 fully saturated rings. The molecule has 1 aromatic heterocycles. The molecule has 0 aliphatic rings. The quantitative estimate of drug-likeness (QED) is 0.726. The molecular formula is C16H10FNO2. The first-order valence-corrected chi connectivity index (χ1v) is 6.07. The van der Waals surface area contributed by atoms with E-state index in [1.807, 2.05) is 6.07 Å². The second-order valence-corrected chi connectivity index (χ2v) is 4.43. The van der Waals surface area contributed by atoms with Crippen LogP contribution in [0.15, 0.2) is 59.4 Å². The summed E-state index contributed by atoms with van der Waals surface area (Å²) in [6.07, 6.45) is 0. The molecule has 0 aliphatic heterocycles. The third-order valence-corrected chi connectivity index (χ3v) is 3.11. The first kappa shape index (κ1) is 12.3. The van der Waals surface area contributed by atoms with Crippen molar-refractivity contribution >= 4 is 16.7 Å². The molecule has 0 spiro atoms. The van der Waals surface area contributed by atoms with Gasteiger partial charge in [-0.1, -0.05) is 12.1 Å². The zero-order valence-electron chi connectivity index (χ0n) is 10.4. The van der Waals surface area contributed by atoms with E-state index in [1.54, 1.807) is 18.2 Å². The Morgan fingerprint density at radius 1 is 0.950 bits per heavy atom. The Bertz CT molecular complexity index is 850. The van der Waals surface area contributed by atoms with Crippen LogP contribution in [0.3, 0.4) is 0 Å². The number of nitrogens with one attached hydrogen (secondary N) is 1. The number of hydrogen-bond donors (Lipinski definition) is 1. The number of hydrogen-bond acceptors (Lipinski definition) is 2. The molecule has 2 aromatic carbocycles. The first-order valence-electron chi connectivity index (χ1n) is 6.07. The lowest BCUT2D eigenvalue weighted by atomic mass is 10.0. The molecule has 0 saturated heterocycles. The van der Waals surface area contributed by atoms with E-state index in [1.165, 1.54) is 30.3 Å². The van der Waals surface area contributed by atoms with Crippen LogP contribution in [0.2, 0.25) is 0 Å². The Balaban J connectivity index is 2.19. The van der Waals surface area contributed by atoms with Gasteiger partial charge in [0, 0.05) is 17.2 Å². The van der Waals surface area contributed by atoms with E-state index in [-0.39, 0.29) is 11.3 Å². The monoisotopic (exact) mass is 267 g/mol. The zero-order valence-corrected chi connectivity index (χ0v) is 10.4. The van der Waals surface area contributed by atoms with E-state index in [4.69, 9.17) is 0 Å². The summed E-state index contributed by atoms with van der Waals surface area (Å²) in [5.74, 6) is -0.648. The Kier molecular flexibility index (Phi) is 2.91. The fraction of sp³-hybridized carbons (Fsp3) is 0. The van der Waals surface area contributed by atoms with Crippen LogP contribution in [0.1, 0.15) is 15.9 Å². The molecule has 4 heteroatoms. The van der Waals surface area contributed by atoms with Crippen LogP contribution < -0.4 is 5.56 Å². The van der Waals surface area contributed by atoms with Gasteiger partial charge in [0.05, 0.1) is 5.52 Å². The normalized spacial score (nSPS) is 10.7. The lowest BCUT2D eigenvalue weighted by molar-refractivity contribution is 0.104. The molecule has 3 rings (SSSR count). The van der Waals surface area contributed by atoms with Gasteiger partial charge in [-0.05, 0) is 41.8 Å². The molecule has 0 saturated carbocycles. The molecule has 1 heterocycles. The number of aromatic nitrogens is 1. The van der Waals surface area contributed by atoms with Gasteiger partial charge in [0.15, 0.2) is 5.78 Å². The van der Waals surface area contributed by atoms with E-state index in [9.17, 15) is 14.0 Å². The summed E-state index contributed by atoms with van der Waals surface area (Å²) in [4.78, 5) is 26.5. The Labute approximate surface area is 113 Å². The van der Waals surface area contributed by atoms with Crippen molar-refractivity contribution in [3.63, 3.8) is 0 Å². The van der Waals surface area contributed by atoms with Crippen LogP contribution in [-0.2, 0) is 0 Å². The molecule has 0 unspecified atom stereocenters. The molecule has 0 amide bonds. The van der Waals surface area contributed by atoms with Crippen molar-refractivity contribution in [2.45, 2.75) is 0 Å². The Hall–Kier alpha value is -2.75. The van der Waals surface area contributed by atoms with Crippen molar-refractivity contribution in [3.8, 4) is 0 Å². The molecule has 0 atom stereocenters. The van der Waals surface area contributed by atoms with E-state index < -0.39 is 5.82 Å². The Morgan fingerprint density at radius 3 is 2.45 bits per heavy atom. The van der Waals surface area contributed by atoms with Gasteiger partial charge in [-0.2, -0.15) is 0 Å². The SMILES string of the molecule is O=C(c1ccc(F)cc1)c1cccc2ccc(=O)[nH]c12. The number of halogens is 1. The van der Waals surface area contributed by atoms with Gasteiger partial charge in [0.2, 0.25) is 5.56 Å². The van der Waals surface area contributed by atoms with Crippen molar-refractivity contribution in [2.75, 3.05) is 0 Å². The third-order valence-electron chi connectivity index (χ3n) is 3.11. The lowest BCUT2D eigenvalue weighted by Crippen LogP contribution is -2.08. The largest absolute Gasteiger partial charge is 0.321 e. The number of rotatable bonds is 2. The maximum atomic E-state index is 12.9. The fourth-order valence-corrected chi connectivity index (χ4v) is 2.12. The van der Waals surface area contributed by atoms with E-state index in [0.29, 0.717) is 16.6 Å². The van der Waals surface area contributed by atoms with E-state index in [0.717, 1.165) is 5.39 Å². The molecule has 0 radical (unpaired) electrons. The van der Waals surface area contributed by atoms with E-state index >= 15 is 0 Å². The summed E-state index contributed by atoms with van der Waals surface area (Å²) in [7, 11) is 0. The highest BCUT2D eigenvalue weighted by molar-refractivity contribution is 6.15. The highest BCUT2D eigenvalue weighted by Gasteiger charge is 2.13. The summed E-state index contributed by atoms with van der Waals surface area (Å²) < 4.78 is 12.9. The van der Waals surface area contributed by atoms with Gasteiger partial charge in [0.25, 0.3) is 0 Å². The predicted octanol–water partition coefficient (Wildman–Crippen LogP) is 2.90. The summed E-state index contributed by atoms with van der Waals surface area (Å²) >= 11 is 0. The van der Waals surface area contributed by atoms with Crippen molar-refractivity contribution in [2.24, 2.45) is 0 Å². The van der Waals surface area contributed by atoms with Crippen molar-refractivity contribution in [1.29, 1.82) is 0 Å². The summed E-state index contributed by atoms with van der Waals surface area (Å²) in [5, 5.41) is 0.776. The Morgan fingerprint density at radius 2 is 1.70 bits per heavy atom.